The number of thiazole rings is 1. The summed E-state index contributed by atoms with van der Waals surface area (Å²) in [4.78, 5) is 62.8. The minimum Gasteiger partial charge on any atom is -0.392 e. The van der Waals surface area contributed by atoms with Crippen molar-refractivity contribution in [3.05, 3.63) is 119 Å². The topological polar surface area (TPSA) is 220 Å². The number of carbonyl (C=O) groups excluding carboxylic acids is 3. The van der Waals surface area contributed by atoms with Crippen molar-refractivity contribution in [1.29, 1.82) is 0 Å². The summed E-state index contributed by atoms with van der Waals surface area (Å²) in [5.41, 5.74) is 6.84. The van der Waals surface area contributed by atoms with E-state index in [1.165, 1.54) is 24.4 Å². The molecular weight excluding hydrogens is 1060 g/mol. The van der Waals surface area contributed by atoms with Crippen LogP contribution in [0, 0.1) is 24.1 Å². The number of nitrogens with zero attached hydrogens (tertiary/aromatic N) is 7. The maximum absolute atomic E-state index is 15.8. The van der Waals surface area contributed by atoms with Gasteiger partial charge in [0, 0.05) is 93.5 Å². The van der Waals surface area contributed by atoms with E-state index in [4.69, 9.17) is 0 Å². The minimum absolute atomic E-state index is 0.0268. The van der Waals surface area contributed by atoms with Gasteiger partial charge in [-0.2, -0.15) is 12.7 Å². The first-order chi connectivity index (χ1) is 38.3. The summed E-state index contributed by atoms with van der Waals surface area (Å²) in [7, 11) is -4.24. The number of anilines is 2. The zero-order valence-corrected chi connectivity index (χ0v) is 47.2. The van der Waals surface area contributed by atoms with Crippen molar-refractivity contribution in [3.8, 4) is 21.6 Å². The van der Waals surface area contributed by atoms with Crippen LogP contribution < -0.4 is 20.3 Å². The Morgan fingerprint density at radius 3 is 2.27 bits per heavy atom. The highest BCUT2D eigenvalue weighted by atomic mass is 32.2. The Kier molecular flexibility index (Phi) is 17.2. The van der Waals surface area contributed by atoms with Crippen molar-refractivity contribution in [2.24, 2.45) is 11.3 Å². The van der Waals surface area contributed by atoms with Crippen LogP contribution >= 0.6 is 11.3 Å². The first-order valence-electron chi connectivity index (χ1n) is 27.5. The third kappa shape index (κ3) is 12.9. The van der Waals surface area contributed by atoms with Crippen LogP contribution in [-0.2, 0) is 26.3 Å². The zero-order chi connectivity index (χ0) is 56.5. The van der Waals surface area contributed by atoms with Gasteiger partial charge in [0.2, 0.25) is 11.8 Å². The first-order valence-corrected chi connectivity index (χ1v) is 29.8. The van der Waals surface area contributed by atoms with Crippen molar-refractivity contribution in [1.82, 2.24) is 44.6 Å². The number of carbonyl (C=O) groups is 3. The van der Waals surface area contributed by atoms with Gasteiger partial charge in [-0.1, -0.05) is 63.2 Å². The molecule has 0 saturated carbocycles. The number of β-amino-alcohol motifs (C(OH)–C–C–N with tert-alkyl or cyclic N) is 1. The van der Waals surface area contributed by atoms with Crippen molar-refractivity contribution < 1.29 is 41.8 Å². The molecular formula is C58H71F2N11O7S2. The number of aryl methyl sites for hydroxylation is 1. The van der Waals surface area contributed by atoms with E-state index in [0.29, 0.717) is 23.5 Å². The molecule has 4 saturated heterocycles. The van der Waals surface area contributed by atoms with Crippen LogP contribution in [0.15, 0.2) is 90.7 Å². The van der Waals surface area contributed by atoms with Crippen LogP contribution in [0.2, 0.25) is 0 Å². The van der Waals surface area contributed by atoms with E-state index in [2.05, 4.69) is 57.1 Å². The molecule has 426 valence electrons. The van der Waals surface area contributed by atoms with Crippen molar-refractivity contribution >= 4 is 61.6 Å². The molecule has 4 aliphatic heterocycles. The van der Waals surface area contributed by atoms with Crippen LogP contribution in [0.3, 0.4) is 0 Å². The predicted molar refractivity (Wildman–Crippen MR) is 305 cm³/mol. The second-order valence-electron chi connectivity index (χ2n) is 22.8. The smallest absolute Gasteiger partial charge is 0.301 e. The van der Waals surface area contributed by atoms with E-state index >= 15 is 4.39 Å². The molecule has 3 aromatic heterocycles. The highest BCUT2D eigenvalue weighted by molar-refractivity contribution is 7.90. The number of likely N-dealkylation sites (tertiary alicyclic amines) is 2. The number of alkyl halides is 1. The van der Waals surface area contributed by atoms with Crippen molar-refractivity contribution in [3.63, 3.8) is 0 Å². The van der Waals surface area contributed by atoms with Gasteiger partial charge in [-0.25, -0.2) is 18.7 Å². The van der Waals surface area contributed by atoms with E-state index in [0.717, 1.165) is 101 Å². The number of amides is 2. The zero-order valence-electron chi connectivity index (χ0n) is 45.6. The van der Waals surface area contributed by atoms with Gasteiger partial charge in [-0.3, -0.25) is 33.8 Å². The number of aliphatic hydroxyl groups is 2. The van der Waals surface area contributed by atoms with Crippen LogP contribution in [-0.4, -0.2) is 173 Å². The summed E-state index contributed by atoms with van der Waals surface area (Å²) >= 11 is 1.58. The highest BCUT2D eigenvalue weighted by Crippen LogP contribution is 2.33. The van der Waals surface area contributed by atoms with Gasteiger partial charge < -0.3 is 30.7 Å². The number of pyridine rings is 1. The highest BCUT2D eigenvalue weighted by Gasteiger charge is 2.45. The third-order valence-electron chi connectivity index (χ3n) is 16.2. The SMILES string of the molecule is Cc1ncsc1-c1ccc(CNC(=O)[C@@H]2C[C@@H](O)CN2C(O)[C@@H](NC(=O)CN2CCC(CN3CCN(c4ccc(-c5cnc6[nH]cc(C(=O)c7cccc(NS(=O)(=O)N8CC[C@@H](F)C8)c7F)c6c5)cc4)CC3)CC2)C(C)(C)C)cc1. The number of nitrogens with one attached hydrogen (secondary N) is 4. The predicted octanol–water partition coefficient (Wildman–Crippen LogP) is 6.17. The number of H-pyrrole nitrogens is 1. The summed E-state index contributed by atoms with van der Waals surface area (Å²) in [6, 6.07) is 20.4. The molecule has 0 radical (unpaired) electrons. The molecule has 0 bridgehead atoms. The molecule has 7 heterocycles. The number of aliphatic hydroxyl groups excluding tert-OH is 2. The lowest BCUT2D eigenvalue weighted by Crippen LogP contribution is -2.61. The summed E-state index contributed by atoms with van der Waals surface area (Å²) in [5.74, 6) is -1.66. The number of halogens is 2. The minimum atomic E-state index is -4.24. The number of hydrogen-bond acceptors (Lipinski definition) is 14. The molecule has 0 spiro atoms. The van der Waals surface area contributed by atoms with E-state index in [9.17, 15) is 37.4 Å². The van der Waals surface area contributed by atoms with E-state index in [1.54, 1.807) is 22.4 Å². The Morgan fingerprint density at radius 2 is 1.60 bits per heavy atom. The van der Waals surface area contributed by atoms with Crippen LogP contribution in [0.25, 0.3) is 32.6 Å². The fourth-order valence-corrected chi connectivity index (χ4v) is 13.6. The molecule has 5 atom stereocenters. The van der Waals surface area contributed by atoms with Crippen LogP contribution in [0.5, 0.6) is 0 Å². The van der Waals surface area contributed by atoms with Gasteiger partial charge in [-0.05, 0) is 104 Å². The number of hydrogen-bond donors (Lipinski definition) is 6. The Balaban J connectivity index is 0.672. The average Bonchev–Trinajstić information content (AvgIpc) is 4.33. The van der Waals surface area contributed by atoms with E-state index < -0.39 is 63.5 Å². The molecule has 0 aliphatic carbocycles. The lowest BCUT2D eigenvalue weighted by atomic mass is 9.84. The largest absolute Gasteiger partial charge is 0.392 e. The number of aromatic amines is 1. The fraction of sp³-hybridized carbons (Fsp3) is 0.466. The van der Waals surface area contributed by atoms with Gasteiger partial charge in [0.05, 0.1) is 52.1 Å². The summed E-state index contributed by atoms with van der Waals surface area (Å²) in [5, 5.41) is 29.2. The van der Waals surface area contributed by atoms with Gasteiger partial charge in [0.1, 0.15) is 18.0 Å². The fourth-order valence-electron chi connectivity index (χ4n) is 11.5. The lowest BCUT2D eigenvalue weighted by Gasteiger charge is -2.41. The Labute approximate surface area is 469 Å². The first kappa shape index (κ1) is 57.0. The molecule has 80 heavy (non-hydrogen) atoms. The van der Waals surface area contributed by atoms with Crippen LogP contribution in [0.1, 0.15) is 73.6 Å². The summed E-state index contributed by atoms with van der Waals surface area (Å²) < 4.78 is 58.4. The van der Waals surface area contributed by atoms with E-state index in [1.807, 2.05) is 75.7 Å². The second kappa shape index (κ2) is 24.1. The normalized spacial score (nSPS) is 21.0. The van der Waals surface area contributed by atoms with Crippen LogP contribution in [0.4, 0.5) is 20.2 Å². The van der Waals surface area contributed by atoms with Crippen molar-refractivity contribution in [2.75, 3.05) is 81.6 Å². The lowest BCUT2D eigenvalue weighted by molar-refractivity contribution is -0.135. The number of piperazine rings is 1. The van der Waals surface area contributed by atoms with Gasteiger partial charge in [0.25, 0.3) is 0 Å². The number of fused-ring (bicyclic) bond motifs is 1. The quantitative estimate of drug-likeness (QED) is 0.0532. The maximum Gasteiger partial charge on any atom is 0.301 e. The van der Waals surface area contributed by atoms with E-state index in [-0.39, 0.29) is 62.0 Å². The maximum atomic E-state index is 15.8. The van der Waals surface area contributed by atoms with Gasteiger partial charge in [0.15, 0.2) is 11.6 Å². The standard InChI is InChI=1S/C58H71F2N11O7S2/c1-36-53(79-35-64-36)40-10-8-37(9-11-40)28-63-56(75)49-27-44(72)33-71(49)57(76)54(58(2,3)4)65-50(73)34-67-19-16-38(17-20-67)31-68-22-24-69(25-23-68)43-14-12-39(13-15-43)41-26-46-47(30-62-55(46)61-29-41)52(74)45-6-5-7-48(51(45)60)66-80(77,78)70-21-18-42(59)32-70/h5-15,26,29-30,35,38,42,44,49,54,57,66,72,76H,16-25,27-28,31-34H2,1-4H3,(H,61,62)(H,63,75)(H,65,73)/t42-,44-,49+,54-,57?/m1/s1. The van der Waals surface area contributed by atoms with Gasteiger partial charge >= 0.3 is 10.2 Å². The average molecular weight is 1140 g/mol. The number of aromatic nitrogens is 3. The molecule has 1 unspecified atom stereocenters. The van der Waals surface area contributed by atoms with Gasteiger partial charge in [-0.15, -0.1) is 11.3 Å². The molecule has 6 N–H and O–H groups in total. The Morgan fingerprint density at radius 1 is 0.875 bits per heavy atom. The number of rotatable bonds is 18. The third-order valence-corrected chi connectivity index (χ3v) is 18.6. The number of ketones is 1. The molecule has 10 rings (SSSR count). The number of piperidine rings is 1. The Bertz CT molecular complexity index is 3290. The molecule has 3 aromatic carbocycles. The molecule has 4 fully saturated rings. The molecule has 22 heteroatoms. The summed E-state index contributed by atoms with van der Waals surface area (Å²) in [6.07, 6.45) is 2.04. The number of benzene rings is 3. The molecule has 6 aromatic rings. The molecule has 4 aliphatic rings. The summed E-state index contributed by atoms with van der Waals surface area (Å²) in [6.45, 7) is 14.2. The monoisotopic (exact) mass is 1140 g/mol. The second-order valence-corrected chi connectivity index (χ2v) is 25.4. The van der Waals surface area contributed by atoms with Crippen molar-refractivity contribution in [2.45, 2.75) is 90.5 Å². The molecule has 18 nitrogen and oxygen atoms in total. The Hall–Kier alpha value is -6.24. The molecule has 2 amide bonds.